The summed E-state index contributed by atoms with van der Waals surface area (Å²) in [6, 6.07) is 5.38. The van der Waals surface area contributed by atoms with Crippen LogP contribution in [0.2, 0.25) is 0 Å². The number of hydrogen-bond acceptors (Lipinski definition) is 4. The lowest BCUT2D eigenvalue weighted by molar-refractivity contribution is -0.122. The summed E-state index contributed by atoms with van der Waals surface area (Å²) >= 11 is 5.28. The Labute approximate surface area is 141 Å². The van der Waals surface area contributed by atoms with Crippen LogP contribution in [0.25, 0.3) is 6.08 Å². The molecule has 0 spiro atoms. The number of terminal acetylenes is 1. The second-order valence-electron chi connectivity index (χ2n) is 4.82. The highest BCUT2D eigenvalue weighted by molar-refractivity contribution is 7.80. The molecule has 1 aromatic rings. The second kappa shape index (κ2) is 7.16. The highest BCUT2D eigenvalue weighted by Gasteiger charge is 2.34. The van der Waals surface area contributed by atoms with Crippen LogP contribution in [0.15, 0.2) is 23.9 Å². The van der Waals surface area contributed by atoms with Crippen LogP contribution in [-0.4, -0.2) is 48.1 Å². The lowest BCUT2D eigenvalue weighted by Gasteiger charge is -2.13. The van der Waals surface area contributed by atoms with Gasteiger partial charge in [0, 0.05) is 13.6 Å². The van der Waals surface area contributed by atoms with E-state index < -0.39 is 0 Å². The molecule has 1 aromatic carbocycles. The van der Waals surface area contributed by atoms with Crippen molar-refractivity contribution >= 4 is 29.3 Å². The van der Waals surface area contributed by atoms with Crippen molar-refractivity contribution in [3.8, 4) is 23.8 Å². The van der Waals surface area contributed by atoms with Gasteiger partial charge < -0.3 is 14.4 Å². The third kappa shape index (κ3) is 3.30. The zero-order chi connectivity index (χ0) is 17.0. The van der Waals surface area contributed by atoms with Gasteiger partial charge in [-0.15, -0.1) is 6.42 Å². The number of ether oxygens (including phenoxy) is 2. The van der Waals surface area contributed by atoms with Crippen LogP contribution in [0.3, 0.4) is 0 Å². The Hall–Kier alpha value is -2.52. The number of likely N-dealkylation sites (N-methyl/N-ethyl adjacent to an activating group) is 2. The molecule has 120 valence electrons. The van der Waals surface area contributed by atoms with E-state index >= 15 is 0 Å². The molecular formula is C17H18N2O3S. The van der Waals surface area contributed by atoms with E-state index in [9.17, 15) is 4.79 Å². The Bertz CT molecular complexity index is 706. The Balaban J connectivity index is 2.34. The van der Waals surface area contributed by atoms with E-state index in [0.29, 0.717) is 28.9 Å². The zero-order valence-corrected chi connectivity index (χ0v) is 14.1. The Morgan fingerprint density at radius 3 is 2.70 bits per heavy atom. The molecule has 2 rings (SSSR count). The van der Waals surface area contributed by atoms with Gasteiger partial charge in [-0.25, -0.2) is 0 Å². The maximum atomic E-state index is 12.4. The number of thiocarbonyl (C=S) groups is 1. The maximum Gasteiger partial charge on any atom is 0.276 e. The van der Waals surface area contributed by atoms with Crippen molar-refractivity contribution in [2.45, 2.75) is 6.92 Å². The lowest BCUT2D eigenvalue weighted by atomic mass is 10.1. The predicted octanol–water partition coefficient (Wildman–Crippen LogP) is 2.13. The standard InChI is InChI=1S/C17H18N2O3S/c1-5-9-22-14-8-7-12(11-15(14)21-4)10-13-16(20)19(6-2)17(23)18(13)3/h1,7-8,10-11H,6,9H2,2-4H3/b13-10-. The van der Waals surface area contributed by atoms with E-state index in [1.165, 1.54) is 0 Å². The summed E-state index contributed by atoms with van der Waals surface area (Å²) in [6.07, 6.45) is 6.97. The summed E-state index contributed by atoms with van der Waals surface area (Å²) < 4.78 is 10.7. The van der Waals surface area contributed by atoms with Crippen LogP contribution >= 0.6 is 12.2 Å². The Morgan fingerprint density at radius 1 is 1.39 bits per heavy atom. The van der Waals surface area contributed by atoms with E-state index in [1.54, 1.807) is 42.2 Å². The summed E-state index contributed by atoms with van der Waals surface area (Å²) in [5.74, 6) is 3.42. The van der Waals surface area contributed by atoms with Crippen LogP contribution in [0.1, 0.15) is 12.5 Å². The average molecular weight is 330 g/mol. The molecule has 0 aromatic heterocycles. The molecule has 0 radical (unpaired) electrons. The molecule has 0 unspecified atom stereocenters. The van der Waals surface area contributed by atoms with Crippen molar-refractivity contribution in [2.24, 2.45) is 0 Å². The van der Waals surface area contributed by atoms with E-state index in [1.807, 2.05) is 13.0 Å². The molecule has 1 fully saturated rings. The Kier molecular flexibility index (Phi) is 5.24. The fraction of sp³-hybridized carbons (Fsp3) is 0.294. The number of nitrogens with zero attached hydrogens (tertiary/aromatic N) is 2. The number of carbonyl (C=O) groups is 1. The topological polar surface area (TPSA) is 42.0 Å². The van der Waals surface area contributed by atoms with Gasteiger partial charge in [-0.3, -0.25) is 9.69 Å². The lowest BCUT2D eigenvalue weighted by Crippen LogP contribution is -2.30. The zero-order valence-electron chi connectivity index (χ0n) is 13.3. The minimum Gasteiger partial charge on any atom is -0.493 e. The fourth-order valence-corrected chi connectivity index (χ4v) is 2.57. The van der Waals surface area contributed by atoms with Gasteiger partial charge in [0.2, 0.25) is 0 Å². The normalized spacial score (nSPS) is 16.0. The first-order valence-electron chi connectivity index (χ1n) is 7.09. The number of benzene rings is 1. The Morgan fingerprint density at radius 2 is 2.13 bits per heavy atom. The molecule has 0 atom stereocenters. The average Bonchev–Trinajstić information content (AvgIpc) is 2.76. The molecule has 1 heterocycles. The van der Waals surface area contributed by atoms with Crippen LogP contribution in [0, 0.1) is 12.3 Å². The SMILES string of the molecule is C#CCOc1ccc(/C=C2/C(=O)N(CC)C(=S)N2C)cc1OC. The molecule has 5 nitrogen and oxygen atoms in total. The van der Waals surface area contributed by atoms with Gasteiger partial charge in [-0.2, -0.15) is 0 Å². The molecule has 1 amide bonds. The molecule has 0 bridgehead atoms. The van der Waals surface area contributed by atoms with Crippen LogP contribution in [0.4, 0.5) is 0 Å². The van der Waals surface area contributed by atoms with Crippen LogP contribution in [0.5, 0.6) is 11.5 Å². The minimum absolute atomic E-state index is 0.105. The van der Waals surface area contributed by atoms with Gasteiger partial charge in [-0.05, 0) is 42.9 Å². The molecule has 1 saturated heterocycles. The van der Waals surface area contributed by atoms with Gasteiger partial charge in [-0.1, -0.05) is 12.0 Å². The van der Waals surface area contributed by atoms with Crippen molar-refractivity contribution in [3.63, 3.8) is 0 Å². The number of rotatable bonds is 5. The van der Waals surface area contributed by atoms with Gasteiger partial charge in [0.25, 0.3) is 5.91 Å². The smallest absolute Gasteiger partial charge is 0.276 e. The first-order valence-corrected chi connectivity index (χ1v) is 7.49. The second-order valence-corrected chi connectivity index (χ2v) is 5.19. The number of hydrogen-bond donors (Lipinski definition) is 0. The number of amides is 1. The first-order chi connectivity index (χ1) is 11.0. The van der Waals surface area contributed by atoms with E-state index in [2.05, 4.69) is 5.92 Å². The van der Waals surface area contributed by atoms with Gasteiger partial charge in [0.05, 0.1) is 7.11 Å². The largest absolute Gasteiger partial charge is 0.493 e. The van der Waals surface area contributed by atoms with Crippen molar-refractivity contribution in [2.75, 3.05) is 27.3 Å². The molecular weight excluding hydrogens is 312 g/mol. The summed E-state index contributed by atoms with van der Waals surface area (Å²) in [7, 11) is 3.33. The van der Waals surface area contributed by atoms with Gasteiger partial charge >= 0.3 is 0 Å². The van der Waals surface area contributed by atoms with Crippen molar-refractivity contribution in [3.05, 3.63) is 29.5 Å². The van der Waals surface area contributed by atoms with Crippen molar-refractivity contribution < 1.29 is 14.3 Å². The quantitative estimate of drug-likeness (QED) is 0.470. The monoisotopic (exact) mass is 330 g/mol. The minimum atomic E-state index is -0.105. The molecule has 23 heavy (non-hydrogen) atoms. The summed E-state index contributed by atoms with van der Waals surface area (Å²) in [5.41, 5.74) is 1.34. The number of carbonyl (C=O) groups excluding carboxylic acids is 1. The van der Waals surface area contributed by atoms with Crippen LogP contribution < -0.4 is 9.47 Å². The highest BCUT2D eigenvalue weighted by atomic mass is 32.1. The molecule has 1 aliphatic heterocycles. The highest BCUT2D eigenvalue weighted by Crippen LogP contribution is 2.30. The third-order valence-electron chi connectivity index (χ3n) is 3.46. The maximum absolute atomic E-state index is 12.4. The fourth-order valence-electron chi connectivity index (χ4n) is 2.26. The van der Waals surface area contributed by atoms with E-state index in [4.69, 9.17) is 28.1 Å². The molecule has 6 heteroatoms. The first kappa shape index (κ1) is 16.8. The van der Waals surface area contributed by atoms with Crippen molar-refractivity contribution in [1.29, 1.82) is 0 Å². The molecule has 0 aliphatic carbocycles. The third-order valence-corrected chi connectivity index (χ3v) is 3.96. The molecule has 0 saturated carbocycles. The van der Waals surface area contributed by atoms with Gasteiger partial charge in [0.15, 0.2) is 16.6 Å². The van der Waals surface area contributed by atoms with Crippen molar-refractivity contribution in [1.82, 2.24) is 9.80 Å². The summed E-state index contributed by atoms with van der Waals surface area (Å²) in [5, 5.41) is 0.504. The predicted molar refractivity (Wildman–Crippen MR) is 93.0 cm³/mol. The summed E-state index contributed by atoms with van der Waals surface area (Å²) in [6.45, 7) is 2.60. The summed E-state index contributed by atoms with van der Waals surface area (Å²) in [4.78, 5) is 15.6. The number of methoxy groups -OCH3 is 1. The van der Waals surface area contributed by atoms with Crippen LogP contribution in [-0.2, 0) is 4.79 Å². The van der Waals surface area contributed by atoms with Gasteiger partial charge in [0.1, 0.15) is 12.3 Å². The molecule has 1 aliphatic rings. The van der Waals surface area contributed by atoms with E-state index in [-0.39, 0.29) is 12.5 Å². The van der Waals surface area contributed by atoms with E-state index in [0.717, 1.165) is 5.56 Å². The molecule has 0 N–H and O–H groups in total.